The molecule has 0 radical (unpaired) electrons. The quantitative estimate of drug-likeness (QED) is 0.887. The van der Waals surface area contributed by atoms with Gasteiger partial charge >= 0.3 is 0 Å². The van der Waals surface area contributed by atoms with Crippen LogP contribution in [0.1, 0.15) is 38.8 Å². The second-order valence-electron chi connectivity index (χ2n) is 5.56. The molecule has 0 aromatic heterocycles. The lowest BCUT2D eigenvalue weighted by Gasteiger charge is -2.22. The van der Waals surface area contributed by atoms with E-state index in [9.17, 15) is 0 Å². The maximum absolute atomic E-state index is 8.85. The molecule has 0 saturated carbocycles. The van der Waals surface area contributed by atoms with Gasteiger partial charge < -0.3 is 10.1 Å². The predicted molar refractivity (Wildman–Crippen MR) is 73.5 cm³/mol. The first-order valence-corrected chi connectivity index (χ1v) is 6.23. The number of ether oxygens (including phenoxy) is 1. The van der Waals surface area contributed by atoms with Gasteiger partial charge in [-0.05, 0) is 40.2 Å². The summed E-state index contributed by atoms with van der Waals surface area (Å²) >= 11 is 0. The largest absolute Gasteiger partial charge is 0.475 e. The van der Waals surface area contributed by atoms with Crippen LogP contribution in [0.15, 0.2) is 18.2 Å². The fraction of sp³-hybridized carbons (Fsp3) is 0.533. The zero-order chi connectivity index (χ0) is 13.8. The van der Waals surface area contributed by atoms with Gasteiger partial charge in [-0.15, -0.1) is 0 Å². The van der Waals surface area contributed by atoms with E-state index < -0.39 is 6.10 Å². The Balaban J connectivity index is 2.91. The fourth-order valence-electron chi connectivity index (χ4n) is 1.58. The molecule has 98 valence electrons. The minimum Gasteiger partial charge on any atom is -0.475 e. The third-order valence-corrected chi connectivity index (χ3v) is 2.58. The molecular formula is C15H22N2O. The minimum absolute atomic E-state index is 0.0574. The zero-order valence-electron chi connectivity index (χ0n) is 11.9. The van der Waals surface area contributed by atoms with Crippen molar-refractivity contribution in [3.63, 3.8) is 0 Å². The Kier molecular flexibility index (Phi) is 4.75. The van der Waals surface area contributed by atoms with Crippen molar-refractivity contribution in [2.75, 3.05) is 0 Å². The van der Waals surface area contributed by atoms with Crippen LogP contribution in [0.2, 0.25) is 0 Å². The van der Waals surface area contributed by atoms with E-state index in [2.05, 4.69) is 32.2 Å². The maximum atomic E-state index is 8.85. The molecule has 18 heavy (non-hydrogen) atoms. The Bertz CT molecular complexity index is 441. The van der Waals surface area contributed by atoms with Crippen LogP contribution in [-0.4, -0.2) is 11.6 Å². The van der Waals surface area contributed by atoms with Crippen LogP contribution >= 0.6 is 0 Å². The van der Waals surface area contributed by atoms with E-state index >= 15 is 0 Å². The lowest BCUT2D eigenvalue weighted by Crippen LogP contribution is -2.35. The van der Waals surface area contributed by atoms with Gasteiger partial charge in [0.15, 0.2) is 6.10 Å². The molecule has 3 heteroatoms. The number of aryl methyl sites for hydroxylation is 1. The first-order valence-electron chi connectivity index (χ1n) is 6.23. The predicted octanol–water partition coefficient (Wildman–Crippen LogP) is 3.17. The van der Waals surface area contributed by atoms with Gasteiger partial charge in [0.05, 0.1) is 0 Å². The standard InChI is InChI=1S/C15H22N2O/c1-11-7-6-8-13(10-17-15(3,4)5)14(11)18-12(2)9-16/h6-8,12,17H,10H2,1-5H3. The van der Waals surface area contributed by atoms with E-state index in [1.54, 1.807) is 6.92 Å². The maximum Gasteiger partial charge on any atom is 0.181 e. The summed E-state index contributed by atoms with van der Waals surface area (Å²) in [7, 11) is 0. The number of nitriles is 1. The Morgan fingerprint density at radius 1 is 1.39 bits per heavy atom. The molecule has 1 aromatic rings. The number of hydrogen-bond acceptors (Lipinski definition) is 3. The summed E-state index contributed by atoms with van der Waals surface area (Å²) in [5, 5.41) is 12.3. The first-order chi connectivity index (χ1) is 8.33. The summed E-state index contributed by atoms with van der Waals surface area (Å²) in [4.78, 5) is 0. The molecule has 1 N–H and O–H groups in total. The van der Waals surface area contributed by atoms with Crippen LogP contribution in [0.4, 0.5) is 0 Å². The molecule has 3 nitrogen and oxygen atoms in total. The van der Waals surface area contributed by atoms with Crippen molar-refractivity contribution < 1.29 is 4.74 Å². The second-order valence-corrected chi connectivity index (χ2v) is 5.56. The normalized spacial score (nSPS) is 12.9. The van der Waals surface area contributed by atoms with Crippen molar-refractivity contribution in [3.05, 3.63) is 29.3 Å². The smallest absolute Gasteiger partial charge is 0.181 e. The zero-order valence-corrected chi connectivity index (χ0v) is 11.9. The highest BCUT2D eigenvalue weighted by molar-refractivity contribution is 5.41. The van der Waals surface area contributed by atoms with Gasteiger partial charge in [-0.3, -0.25) is 0 Å². The van der Waals surface area contributed by atoms with E-state index in [0.29, 0.717) is 0 Å². The Morgan fingerprint density at radius 3 is 2.61 bits per heavy atom. The van der Waals surface area contributed by atoms with Gasteiger partial charge in [0.2, 0.25) is 0 Å². The van der Waals surface area contributed by atoms with Crippen molar-refractivity contribution in [1.82, 2.24) is 5.32 Å². The Hall–Kier alpha value is -1.53. The van der Waals surface area contributed by atoms with Crippen molar-refractivity contribution in [3.8, 4) is 11.8 Å². The van der Waals surface area contributed by atoms with Crippen molar-refractivity contribution >= 4 is 0 Å². The summed E-state index contributed by atoms with van der Waals surface area (Å²) in [6, 6.07) is 8.14. The van der Waals surface area contributed by atoms with Gasteiger partial charge in [0.25, 0.3) is 0 Å². The molecule has 1 rings (SSSR count). The van der Waals surface area contributed by atoms with Gasteiger partial charge in [-0.2, -0.15) is 5.26 Å². The minimum atomic E-state index is -0.431. The monoisotopic (exact) mass is 246 g/mol. The number of rotatable bonds is 4. The van der Waals surface area contributed by atoms with Crippen LogP contribution in [0.3, 0.4) is 0 Å². The molecule has 1 aromatic carbocycles. The topological polar surface area (TPSA) is 45.0 Å². The summed E-state index contributed by atoms with van der Waals surface area (Å²) in [5.41, 5.74) is 2.21. The summed E-state index contributed by atoms with van der Waals surface area (Å²) in [6.07, 6.45) is -0.431. The molecule has 1 unspecified atom stereocenters. The van der Waals surface area contributed by atoms with E-state index in [0.717, 1.165) is 23.4 Å². The molecular weight excluding hydrogens is 224 g/mol. The van der Waals surface area contributed by atoms with Crippen LogP contribution in [0.5, 0.6) is 5.75 Å². The number of nitrogens with zero attached hydrogens (tertiary/aromatic N) is 1. The van der Waals surface area contributed by atoms with E-state index in [-0.39, 0.29) is 5.54 Å². The van der Waals surface area contributed by atoms with Gasteiger partial charge in [-0.1, -0.05) is 18.2 Å². The molecule has 0 amide bonds. The Labute approximate surface area is 110 Å². The highest BCUT2D eigenvalue weighted by Crippen LogP contribution is 2.25. The van der Waals surface area contributed by atoms with Crippen LogP contribution in [-0.2, 0) is 6.54 Å². The SMILES string of the molecule is Cc1cccc(CNC(C)(C)C)c1OC(C)C#N. The molecule has 0 aliphatic carbocycles. The molecule has 0 spiro atoms. The van der Waals surface area contributed by atoms with E-state index in [1.165, 1.54) is 0 Å². The molecule has 0 aliphatic heterocycles. The average molecular weight is 246 g/mol. The molecule has 0 bridgehead atoms. The lowest BCUT2D eigenvalue weighted by atomic mass is 10.1. The first kappa shape index (κ1) is 14.5. The van der Waals surface area contributed by atoms with Crippen LogP contribution in [0.25, 0.3) is 0 Å². The van der Waals surface area contributed by atoms with Crippen LogP contribution < -0.4 is 10.1 Å². The molecule has 0 saturated heterocycles. The number of para-hydroxylation sites is 1. The number of nitrogens with one attached hydrogen (secondary N) is 1. The molecule has 0 heterocycles. The highest BCUT2D eigenvalue weighted by atomic mass is 16.5. The lowest BCUT2D eigenvalue weighted by molar-refractivity contribution is 0.270. The third-order valence-electron chi connectivity index (χ3n) is 2.58. The van der Waals surface area contributed by atoms with Gasteiger partial charge in [0.1, 0.15) is 11.8 Å². The Morgan fingerprint density at radius 2 is 2.06 bits per heavy atom. The van der Waals surface area contributed by atoms with Crippen molar-refractivity contribution in [2.45, 2.75) is 52.8 Å². The fourth-order valence-corrected chi connectivity index (χ4v) is 1.58. The summed E-state index contributed by atoms with van der Waals surface area (Å²) < 4.78 is 5.69. The van der Waals surface area contributed by atoms with Crippen molar-refractivity contribution in [2.24, 2.45) is 0 Å². The number of benzene rings is 1. The molecule has 0 aliphatic rings. The molecule has 0 fully saturated rings. The van der Waals surface area contributed by atoms with E-state index in [1.807, 2.05) is 25.1 Å². The summed E-state index contributed by atoms with van der Waals surface area (Å²) in [5.74, 6) is 0.823. The van der Waals surface area contributed by atoms with Gasteiger partial charge in [-0.25, -0.2) is 0 Å². The third kappa shape index (κ3) is 4.38. The average Bonchev–Trinajstić information content (AvgIpc) is 2.28. The van der Waals surface area contributed by atoms with Crippen LogP contribution in [0, 0.1) is 18.3 Å². The number of hydrogen-bond donors (Lipinski definition) is 1. The van der Waals surface area contributed by atoms with E-state index in [4.69, 9.17) is 10.00 Å². The second kappa shape index (κ2) is 5.88. The molecule has 1 atom stereocenters. The highest BCUT2D eigenvalue weighted by Gasteiger charge is 2.13. The van der Waals surface area contributed by atoms with Crippen molar-refractivity contribution in [1.29, 1.82) is 5.26 Å². The summed E-state index contributed by atoms with van der Waals surface area (Å²) in [6.45, 7) is 10.9. The van der Waals surface area contributed by atoms with Gasteiger partial charge in [0, 0.05) is 17.6 Å².